The first-order valence-corrected chi connectivity index (χ1v) is 6.87. The van der Waals surface area contributed by atoms with Gasteiger partial charge in [0.05, 0.1) is 6.10 Å². The van der Waals surface area contributed by atoms with E-state index in [9.17, 15) is 9.90 Å². The molecule has 0 aliphatic heterocycles. The molecular weight excluding hydrogens is 252 g/mol. The number of rotatable bonds is 6. The number of aromatic nitrogens is 1. The molecule has 0 aliphatic rings. The fourth-order valence-electron chi connectivity index (χ4n) is 2.03. The Kier molecular flexibility index (Phi) is 5.89. The van der Waals surface area contributed by atoms with Crippen molar-refractivity contribution >= 4 is 12.0 Å². The average Bonchev–Trinajstić information content (AvgIpc) is 2.43. The van der Waals surface area contributed by atoms with Gasteiger partial charge >= 0.3 is 0 Å². The lowest BCUT2D eigenvalue weighted by Crippen LogP contribution is -2.43. The zero-order valence-corrected chi connectivity index (χ0v) is 12.6. The molecule has 1 rings (SSSR count). The molecule has 20 heavy (non-hydrogen) atoms. The molecule has 1 amide bonds. The predicted octanol–water partition coefficient (Wildman–Crippen LogP) is 2.25. The number of hydrogen-bond donors (Lipinski definition) is 2. The number of nitrogens with one attached hydrogen (secondary N) is 1. The topological polar surface area (TPSA) is 62.2 Å². The third-order valence-corrected chi connectivity index (χ3v) is 3.26. The Balaban J connectivity index is 2.49. The van der Waals surface area contributed by atoms with Crippen LogP contribution in [0.3, 0.4) is 0 Å². The quantitative estimate of drug-likeness (QED) is 0.783. The van der Waals surface area contributed by atoms with Gasteiger partial charge in [0.2, 0.25) is 5.91 Å². The average molecular weight is 276 g/mol. The third kappa shape index (κ3) is 5.13. The van der Waals surface area contributed by atoms with E-state index in [1.54, 1.807) is 18.5 Å². The number of carbonyl (C=O) groups is 1. The van der Waals surface area contributed by atoms with Crippen LogP contribution in [0.15, 0.2) is 30.6 Å². The van der Waals surface area contributed by atoms with Crippen LogP contribution in [0.2, 0.25) is 0 Å². The van der Waals surface area contributed by atoms with Gasteiger partial charge in [0.15, 0.2) is 0 Å². The smallest absolute Gasteiger partial charge is 0.244 e. The molecule has 0 aliphatic carbocycles. The second kappa shape index (κ2) is 7.20. The van der Waals surface area contributed by atoms with Crippen LogP contribution in [0.4, 0.5) is 0 Å². The molecule has 0 spiro atoms. The molecule has 4 heteroatoms. The van der Waals surface area contributed by atoms with Crippen molar-refractivity contribution in [2.45, 2.75) is 33.8 Å². The summed E-state index contributed by atoms with van der Waals surface area (Å²) in [5.41, 5.74) is 0.524. The molecule has 2 N–H and O–H groups in total. The fourth-order valence-corrected chi connectivity index (χ4v) is 2.03. The second-order valence-electron chi connectivity index (χ2n) is 6.01. The summed E-state index contributed by atoms with van der Waals surface area (Å²) >= 11 is 0. The van der Waals surface area contributed by atoms with Gasteiger partial charge in [0, 0.05) is 30.4 Å². The Morgan fingerprint density at radius 3 is 2.75 bits per heavy atom. The van der Waals surface area contributed by atoms with Crippen LogP contribution in [-0.4, -0.2) is 28.6 Å². The van der Waals surface area contributed by atoms with Gasteiger partial charge in [-0.25, -0.2) is 0 Å². The highest BCUT2D eigenvalue weighted by Crippen LogP contribution is 2.24. The highest BCUT2D eigenvalue weighted by molar-refractivity contribution is 5.91. The minimum Gasteiger partial charge on any atom is -0.392 e. The summed E-state index contributed by atoms with van der Waals surface area (Å²) in [7, 11) is 0. The standard InChI is InChI=1S/C16H24N2O2/c1-12(2)15(20)16(3,4)11-18-14(19)8-7-13-6-5-9-17-10-13/h5-10,12,15,20H,11H2,1-4H3,(H,18,19)/b8-7+. The van der Waals surface area contributed by atoms with Gasteiger partial charge in [-0.3, -0.25) is 9.78 Å². The molecule has 0 fully saturated rings. The van der Waals surface area contributed by atoms with Crippen molar-refractivity contribution in [3.05, 3.63) is 36.2 Å². The van der Waals surface area contributed by atoms with Gasteiger partial charge in [0.1, 0.15) is 0 Å². The molecule has 1 unspecified atom stereocenters. The van der Waals surface area contributed by atoms with E-state index in [1.165, 1.54) is 6.08 Å². The first-order valence-electron chi connectivity index (χ1n) is 6.87. The van der Waals surface area contributed by atoms with Gasteiger partial charge in [-0.1, -0.05) is 33.8 Å². The van der Waals surface area contributed by atoms with Crippen LogP contribution in [0.1, 0.15) is 33.3 Å². The van der Waals surface area contributed by atoms with Gasteiger partial charge in [-0.15, -0.1) is 0 Å². The lowest BCUT2D eigenvalue weighted by Gasteiger charge is -2.33. The number of aliphatic hydroxyl groups excluding tert-OH is 1. The highest BCUT2D eigenvalue weighted by atomic mass is 16.3. The largest absolute Gasteiger partial charge is 0.392 e. The number of pyridine rings is 1. The van der Waals surface area contributed by atoms with E-state index in [-0.39, 0.29) is 17.2 Å². The molecule has 110 valence electrons. The Morgan fingerprint density at radius 1 is 1.50 bits per heavy atom. The third-order valence-electron chi connectivity index (χ3n) is 3.26. The van der Waals surface area contributed by atoms with Crippen molar-refractivity contribution in [2.75, 3.05) is 6.54 Å². The summed E-state index contributed by atoms with van der Waals surface area (Å²) in [5.74, 6) is -0.00859. The van der Waals surface area contributed by atoms with E-state index in [0.717, 1.165) is 5.56 Å². The zero-order chi connectivity index (χ0) is 15.2. The molecular formula is C16H24N2O2. The molecule has 1 heterocycles. The molecule has 0 aromatic carbocycles. The molecule has 0 bridgehead atoms. The van der Waals surface area contributed by atoms with Gasteiger partial charge in [-0.2, -0.15) is 0 Å². The normalized spacial score (nSPS) is 13.7. The van der Waals surface area contributed by atoms with Crippen molar-refractivity contribution in [3.8, 4) is 0 Å². The lowest BCUT2D eigenvalue weighted by molar-refractivity contribution is -0.117. The number of aliphatic hydroxyl groups is 1. The van der Waals surface area contributed by atoms with Crippen molar-refractivity contribution in [3.63, 3.8) is 0 Å². The zero-order valence-electron chi connectivity index (χ0n) is 12.6. The maximum absolute atomic E-state index is 11.8. The van der Waals surface area contributed by atoms with Gasteiger partial charge in [-0.05, 0) is 23.6 Å². The molecule has 0 saturated heterocycles. The van der Waals surface area contributed by atoms with Crippen LogP contribution in [0.25, 0.3) is 6.08 Å². The van der Waals surface area contributed by atoms with Gasteiger partial charge < -0.3 is 10.4 Å². The van der Waals surface area contributed by atoms with E-state index in [2.05, 4.69) is 10.3 Å². The molecule has 1 aromatic rings. The van der Waals surface area contributed by atoms with Crippen molar-refractivity contribution < 1.29 is 9.90 Å². The number of carbonyl (C=O) groups excluding carboxylic acids is 1. The Labute approximate surface area is 120 Å². The minimum absolute atomic E-state index is 0.160. The summed E-state index contributed by atoms with van der Waals surface area (Å²) in [6.07, 6.45) is 6.12. The first-order chi connectivity index (χ1) is 9.33. The Hall–Kier alpha value is -1.68. The monoisotopic (exact) mass is 276 g/mol. The summed E-state index contributed by atoms with van der Waals surface area (Å²) in [6.45, 7) is 8.27. The van der Waals surface area contributed by atoms with E-state index in [4.69, 9.17) is 0 Å². The number of hydrogen-bond acceptors (Lipinski definition) is 3. The molecule has 0 saturated carbocycles. The number of nitrogens with zero attached hydrogens (tertiary/aromatic N) is 1. The molecule has 1 atom stereocenters. The summed E-state index contributed by atoms with van der Waals surface area (Å²) < 4.78 is 0. The van der Waals surface area contributed by atoms with Crippen LogP contribution in [0.5, 0.6) is 0 Å². The lowest BCUT2D eigenvalue weighted by atomic mass is 9.81. The summed E-state index contributed by atoms with van der Waals surface area (Å²) in [6, 6.07) is 3.70. The fraction of sp³-hybridized carbons (Fsp3) is 0.500. The Bertz CT molecular complexity index is 453. The Morgan fingerprint density at radius 2 is 2.20 bits per heavy atom. The first kappa shape index (κ1) is 16.4. The maximum atomic E-state index is 11.8. The summed E-state index contributed by atoms with van der Waals surface area (Å²) in [5, 5.41) is 12.9. The molecule has 0 radical (unpaired) electrons. The minimum atomic E-state index is -0.454. The summed E-state index contributed by atoms with van der Waals surface area (Å²) in [4.78, 5) is 15.7. The maximum Gasteiger partial charge on any atom is 0.244 e. The SMILES string of the molecule is CC(C)C(O)C(C)(C)CNC(=O)/C=C/c1cccnc1. The van der Waals surface area contributed by atoms with Crippen LogP contribution in [0, 0.1) is 11.3 Å². The second-order valence-corrected chi connectivity index (χ2v) is 6.01. The predicted molar refractivity (Wildman–Crippen MR) is 80.9 cm³/mol. The molecule has 1 aromatic heterocycles. The van der Waals surface area contributed by atoms with Crippen LogP contribution in [-0.2, 0) is 4.79 Å². The van der Waals surface area contributed by atoms with Gasteiger partial charge in [0.25, 0.3) is 0 Å². The highest BCUT2D eigenvalue weighted by Gasteiger charge is 2.30. The molecule has 4 nitrogen and oxygen atoms in total. The van der Waals surface area contributed by atoms with Crippen molar-refractivity contribution in [1.82, 2.24) is 10.3 Å². The van der Waals surface area contributed by atoms with E-state index in [1.807, 2.05) is 39.8 Å². The van der Waals surface area contributed by atoms with Crippen molar-refractivity contribution in [2.24, 2.45) is 11.3 Å². The van der Waals surface area contributed by atoms with E-state index >= 15 is 0 Å². The van der Waals surface area contributed by atoms with E-state index in [0.29, 0.717) is 6.54 Å². The van der Waals surface area contributed by atoms with Crippen LogP contribution >= 0.6 is 0 Å². The van der Waals surface area contributed by atoms with E-state index < -0.39 is 6.10 Å². The number of amides is 1. The van der Waals surface area contributed by atoms with Crippen LogP contribution < -0.4 is 5.32 Å². The van der Waals surface area contributed by atoms with Crippen molar-refractivity contribution in [1.29, 1.82) is 0 Å².